The number of carbonyl (C=O) groups is 2. The molecule has 178 valence electrons. The summed E-state index contributed by atoms with van der Waals surface area (Å²) in [6, 6.07) is 15.4. The SMILES string of the molecule is Cc1ccc(N2CCN(C)CC2)cc1C(=O)NC(C)c1cccc(-c2cc(C(=O)O)n(C)c2)c1. The summed E-state index contributed by atoms with van der Waals surface area (Å²) in [6.45, 7) is 7.85. The van der Waals surface area contributed by atoms with Gasteiger partial charge in [-0.15, -0.1) is 0 Å². The van der Waals surface area contributed by atoms with Crippen LogP contribution in [0.15, 0.2) is 54.7 Å². The van der Waals surface area contributed by atoms with E-state index in [1.165, 1.54) is 0 Å². The molecule has 0 aliphatic carbocycles. The molecule has 1 aliphatic rings. The van der Waals surface area contributed by atoms with E-state index in [4.69, 9.17) is 0 Å². The van der Waals surface area contributed by atoms with Gasteiger partial charge in [-0.3, -0.25) is 4.79 Å². The van der Waals surface area contributed by atoms with Crippen LogP contribution in [0.4, 0.5) is 5.69 Å². The molecule has 1 saturated heterocycles. The number of hydrogen-bond donors (Lipinski definition) is 2. The number of carboxylic acid groups (broad SMARTS) is 1. The third kappa shape index (κ3) is 4.99. The van der Waals surface area contributed by atoms with Gasteiger partial charge in [-0.25, -0.2) is 4.79 Å². The molecule has 1 fully saturated rings. The number of rotatable bonds is 6. The molecule has 1 aromatic heterocycles. The monoisotopic (exact) mass is 460 g/mol. The summed E-state index contributed by atoms with van der Waals surface area (Å²) in [5.41, 5.74) is 5.65. The molecule has 4 rings (SSSR count). The Morgan fingerprint density at radius 2 is 1.71 bits per heavy atom. The van der Waals surface area contributed by atoms with Crippen molar-refractivity contribution in [2.75, 3.05) is 38.1 Å². The number of piperazine rings is 1. The highest BCUT2D eigenvalue weighted by Crippen LogP contribution is 2.26. The number of anilines is 1. The fraction of sp³-hybridized carbons (Fsp3) is 0.333. The predicted molar refractivity (Wildman–Crippen MR) is 135 cm³/mol. The van der Waals surface area contributed by atoms with Crippen LogP contribution in [0.25, 0.3) is 11.1 Å². The first-order valence-electron chi connectivity index (χ1n) is 11.6. The predicted octanol–water partition coefficient (Wildman–Crippen LogP) is 3.94. The lowest BCUT2D eigenvalue weighted by Gasteiger charge is -2.34. The minimum absolute atomic E-state index is 0.0979. The molecular weight excluding hydrogens is 428 g/mol. The van der Waals surface area contributed by atoms with Crippen molar-refractivity contribution in [1.82, 2.24) is 14.8 Å². The van der Waals surface area contributed by atoms with Gasteiger partial charge in [-0.2, -0.15) is 0 Å². The van der Waals surface area contributed by atoms with Gasteiger partial charge in [0.25, 0.3) is 5.91 Å². The fourth-order valence-corrected chi connectivity index (χ4v) is 4.40. The molecule has 0 saturated carbocycles. The number of carbonyl (C=O) groups excluding carboxylic acids is 1. The molecule has 0 bridgehead atoms. The maximum Gasteiger partial charge on any atom is 0.352 e. The Bertz CT molecular complexity index is 1210. The number of hydrogen-bond acceptors (Lipinski definition) is 4. The highest BCUT2D eigenvalue weighted by Gasteiger charge is 2.19. The second-order valence-electron chi connectivity index (χ2n) is 9.14. The average Bonchev–Trinajstić information content (AvgIpc) is 3.22. The van der Waals surface area contributed by atoms with Crippen molar-refractivity contribution >= 4 is 17.6 Å². The van der Waals surface area contributed by atoms with Gasteiger partial charge in [0.2, 0.25) is 0 Å². The van der Waals surface area contributed by atoms with Crippen LogP contribution in [0.3, 0.4) is 0 Å². The van der Waals surface area contributed by atoms with Gasteiger partial charge in [0.1, 0.15) is 5.69 Å². The van der Waals surface area contributed by atoms with E-state index < -0.39 is 5.97 Å². The zero-order valence-electron chi connectivity index (χ0n) is 20.2. The number of aromatic nitrogens is 1. The molecule has 1 amide bonds. The third-order valence-corrected chi connectivity index (χ3v) is 6.63. The summed E-state index contributed by atoms with van der Waals surface area (Å²) < 4.78 is 1.60. The standard InChI is InChI=1S/C27H32N4O3/c1-18-8-9-23(31-12-10-29(3)11-13-31)16-24(18)26(32)28-19(2)20-6-5-7-21(14-20)22-15-25(27(33)34)30(4)17-22/h5-9,14-17,19H,10-13H2,1-4H3,(H,28,32)(H,33,34). The third-order valence-electron chi connectivity index (χ3n) is 6.63. The Kier molecular flexibility index (Phi) is 6.75. The first-order chi connectivity index (χ1) is 16.2. The van der Waals surface area contributed by atoms with Crippen LogP contribution >= 0.6 is 0 Å². The first kappa shape index (κ1) is 23.6. The number of aryl methyl sites for hydroxylation is 2. The van der Waals surface area contributed by atoms with Crippen molar-refractivity contribution in [3.63, 3.8) is 0 Å². The van der Waals surface area contributed by atoms with Gasteiger partial charge in [-0.05, 0) is 61.9 Å². The Balaban J connectivity index is 1.51. The Morgan fingerprint density at radius 3 is 2.38 bits per heavy atom. The van der Waals surface area contributed by atoms with E-state index in [1.54, 1.807) is 23.9 Å². The summed E-state index contributed by atoms with van der Waals surface area (Å²) in [4.78, 5) is 29.2. The van der Waals surface area contributed by atoms with Crippen LogP contribution < -0.4 is 10.2 Å². The lowest BCUT2D eigenvalue weighted by molar-refractivity contribution is 0.0686. The molecule has 2 heterocycles. The number of amides is 1. The van der Waals surface area contributed by atoms with Crippen molar-refractivity contribution in [1.29, 1.82) is 0 Å². The van der Waals surface area contributed by atoms with E-state index in [2.05, 4.69) is 28.2 Å². The largest absolute Gasteiger partial charge is 0.477 e. The molecule has 2 aromatic carbocycles. The number of likely N-dealkylation sites (N-methyl/N-ethyl adjacent to an activating group) is 1. The van der Waals surface area contributed by atoms with Gasteiger partial charge in [0, 0.05) is 56.2 Å². The molecule has 1 atom stereocenters. The quantitative estimate of drug-likeness (QED) is 0.583. The number of nitrogens with one attached hydrogen (secondary N) is 1. The summed E-state index contributed by atoms with van der Waals surface area (Å²) in [5.74, 6) is -1.06. The first-order valence-corrected chi connectivity index (χ1v) is 11.6. The maximum atomic E-state index is 13.2. The average molecular weight is 461 g/mol. The van der Waals surface area contributed by atoms with E-state index in [9.17, 15) is 14.7 Å². The van der Waals surface area contributed by atoms with Gasteiger partial charge in [0.05, 0.1) is 6.04 Å². The Morgan fingerprint density at radius 1 is 0.971 bits per heavy atom. The van der Waals surface area contributed by atoms with Crippen LogP contribution in [-0.4, -0.2) is 59.7 Å². The maximum absolute atomic E-state index is 13.2. The van der Waals surface area contributed by atoms with Crippen LogP contribution in [0.5, 0.6) is 0 Å². The number of benzene rings is 2. The van der Waals surface area contributed by atoms with E-state index in [-0.39, 0.29) is 17.6 Å². The van der Waals surface area contributed by atoms with Crippen molar-refractivity contribution < 1.29 is 14.7 Å². The van der Waals surface area contributed by atoms with Crippen LogP contribution in [0.1, 0.15) is 44.9 Å². The van der Waals surface area contributed by atoms with E-state index in [0.29, 0.717) is 5.56 Å². The summed E-state index contributed by atoms with van der Waals surface area (Å²) in [6.07, 6.45) is 1.80. The highest BCUT2D eigenvalue weighted by atomic mass is 16.4. The van der Waals surface area contributed by atoms with E-state index in [1.807, 2.05) is 50.2 Å². The molecule has 7 nitrogen and oxygen atoms in total. The van der Waals surface area contributed by atoms with Gasteiger partial charge < -0.3 is 24.8 Å². The van der Waals surface area contributed by atoms with E-state index >= 15 is 0 Å². The lowest BCUT2D eigenvalue weighted by Crippen LogP contribution is -2.44. The van der Waals surface area contributed by atoms with Gasteiger partial charge in [-0.1, -0.05) is 24.3 Å². The van der Waals surface area contributed by atoms with E-state index in [0.717, 1.165) is 54.1 Å². The smallest absolute Gasteiger partial charge is 0.352 e. The zero-order chi connectivity index (χ0) is 24.4. The Labute approximate surface area is 200 Å². The van der Waals surface area contributed by atoms with Crippen molar-refractivity contribution in [3.8, 4) is 11.1 Å². The Hall–Kier alpha value is -3.58. The number of nitrogens with zero attached hydrogens (tertiary/aromatic N) is 3. The molecule has 1 aliphatic heterocycles. The second-order valence-corrected chi connectivity index (χ2v) is 9.14. The minimum Gasteiger partial charge on any atom is -0.477 e. The topological polar surface area (TPSA) is 77.8 Å². The van der Waals surface area contributed by atoms with Crippen molar-refractivity contribution in [2.45, 2.75) is 19.9 Å². The van der Waals surface area contributed by atoms with Crippen molar-refractivity contribution in [3.05, 3.63) is 77.1 Å². The lowest BCUT2D eigenvalue weighted by atomic mass is 10.0. The summed E-state index contributed by atoms with van der Waals surface area (Å²) in [7, 11) is 3.85. The molecule has 0 radical (unpaired) electrons. The molecule has 1 unspecified atom stereocenters. The van der Waals surface area contributed by atoms with Gasteiger partial charge in [0.15, 0.2) is 0 Å². The second kappa shape index (κ2) is 9.73. The normalized spacial score (nSPS) is 15.2. The molecular formula is C27H32N4O3. The fourth-order valence-electron chi connectivity index (χ4n) is 4.40. The van der Waals surface area contributed by atoms with Crippen molar-refractivity contribution in [2.24, 2.45) is 7.05 Å². The molecule has 34 heavy (non-hydrogen) atoms. The summed E-state index contributed by atoms with van der Waals surface area (Å²) >= 11 is 0. The van der Waals surface area contributed by atoms with Gasteiger partial charge >= 0.3 is 5.97 Å². The van der Waals surface area contributed by atoms with Crippen LogP contribution in [0, 0.1) is 6.92 Å². The zero-order valence-corrected chi connectivity index (χ0v) is 20.2. The van der Waals surface area contributed by atoms with Crippen LogP contribution in [0.2, 0.25) is 0 Å². The molecule has 3 aromatic rings. The minimum atomic E-state index is -0.959. The molecule has 2 N–H and O–H groups in total. The van der Waals surface area contributed by atoms with Crippen LogP contribution in [-0.2, 0) is 7.05 Å². The number of carboxylic acids is 1. The molecule has 7 heteroatoms. The molecule has 0 spiro atoms. The highest BCUT2D eigenvalue weighted by molar-refractivity contribution is 5.97. The number of aromatic carboxylic acids is 1. The summed E-state index contributed by atoms with van der Waals surface area (Å²) in [5, 5.41) is 12.5.